The molecule has 0 aliphatic heterocycles. The van der Waals surface area contributed by atoms with Crippen molar-refractivity contribution in [1.29, 1.82) is 0 Å². The zero-order chi connectivity index (χ0) is 13.8. The molecule has 3 nitrogen and oxygen atoms in total. The van der Waals surface area contributed by atoms with Crippen LogP contribution in [0.15, 0.2) is 30.3 Å². The number of hydrogen-bond donors (Lipinski definition) is 1. The minimum atomic E-state index is -3.08. The highest BCUT2D eigenvalue weighted by Gasteiger charge is 2.01. The minimum Gasteiger partial charge on any atom is -0.461 e. The summed E-state index contributed by atoms with van der Waals surface area (Å²) in [7, 11) is 0. The third kappa shape index (κ3) is 4.05. The average Bonchev–Trinajstić information content (AvgIpc) is 2.26. The van der Waals surface area contributed by atoms with E-state index >= 15 is 0 Å². The van der Waals surface area contributed by atoms with E-state index in [2.05, 4.69) is 0 Å². The van der Waals surface area contributed by atoms with Gasteiger partial charge in [-0.3, -0.25) is 4.79 Å². The summed E-state index contributed by atoms with van der Waals surface area (Å²) in [5, 5.41) is 8.93. The molecule has 0 aromatic heterocycles. The number of aliphatic hydroxyl groups is 1. The Morgan fingerprint density at radius 2 is 2.14 bits per heavy atom. The molecule has 1 rings (SSSR count). The lowest BCUT2D eigenvalue weighted by atomic mass is 10.2. The highest BCUT2D eigenvalue weighted by Crippen LogP contribution is 2.02. The van der Waals surface area contributed by atoms with Crippen molar-refractivity contribution >= 4 is 5.97 Å². The van der Waals surface area contributed by atoms with Crippen LogP contribution in [0.1, 0.15) is 23.8 Å². The van der Waals surface area contributed by atoms with E-state index < -0.39 is 25.3 Å². The number of carbonyl (C=O) groups excluding carboxylic acids is 1. The van der Waals surface area contributed by atoms with Gasteiger partial charge in [-0.1, -0.05) is 30.3 Å². The van der Waals surface area contributed by atoms with E-state index in [1.807, 2.05) is 6.07 Å². The van der Waals surface area contributed by atoms with Gasteiger partial charge < -0.3 is 9.84 Å². The van der Waals surface area contributed by atoms with Crippen molar-refractivity contribution in [1.82, 2.24) is 0 Å². The Kier molecular flexibility index (Phi) is 2.72. The van der Waals surface area contributed by atoms with E-state index in [1.54, 1.807) is 24.3 Å². The highest BCUT2D eigenvalue weighted by atomic mass is 16.5. The first-order valence-electron chi connectivity index (χ1n) is 6.14. The Balaban J connectivity index is 2.48. The molecule has 3 heteroatoms. The van der Waals surface area contributed by atoms with Crippen LogP contribution in [0.2, 0.25) is 0 Å². The van der Waals surface area contributed by atoms with Gasteiger partial charge in [0.1, 0.15) is 6.61 Å². The van der Waals surface area contributed by atoms with Gasteiger partial charge in [-0.15, -0.1) is 0 Å². The number of esters is 1. The molecule has 0 radical (unpaired) electrons. The largest absolute Gasteiger partial charge is 0.461 e. The first-order chi connectivity index (χ1) is 8.22. The predicted molar refractivity (Wildman–Crippen MR) is 52.6 cm³/mol. The Labute approximate surface area is 88.9 Å². The van der Waals surface area contributed by atoms with E-state index in [1.165, 1.54) is 0 Å². The summed E-state index contributed by atoms with van der Waals surface area (Å²) in [6, 6.07) is 8.84. The molecule has 0 spiro atoms. The maximum atomic E-state index is 11.3. The first-order valence-corrected chi connectivity index (χ1v) is 4.14. The molecule has 0 saturated heterocycles. The molecule has 0 unspecified atom stereocenters. The predicted octanol–water partition coefficient (Wildman–Crippen LogP) is 1.50. The molecule has 76 valence electrons. The van der Waals surface area contributed by atoms with Crippen molar-refractivity contribution in [3.8, 4) is 0 Å². The number of ether oxygens (including phenoxy) is 1. The summed E-state index contributed by atoms with van der Waals surface area (Å²) in [5.41, 5.74) is 0.749. The maximum absolute atomic E-state index is 11.3. The molecule has 1 aromatic rings. The monoisotopic (exact) mass is 198 g/mol. The van der Waals surface area contributed by atoms with Crippen LogP contribution < -0.4 is 0 Å². The van der Waals surface area contributed by atoms with Crippen molar-refractivity contribution in [2.24, 2.45) is 0 Å². The van der Waals surface area contributed by atoms with Gasteiger partial charge in [-0.25, -0.2) is 0 Å². The van der Waals surface area contributed by atoms with Crippen LogP contribution in [0.5, 0.6) is 0 Å². The van der Waals surface area contributed by atoms with Gasteiger partial charge in [0.25, 0.3) is 0 Å². The molecule has 14 heavy (non-hydrogen) atoms. The molecule has 0 heterocycles. The lowest BCUT2D eigenvalue weighted by Crippen LogP contribution is -2.05. The molecular weight excluding hydrogens is 180 g/mol. The van der Waals surface area contributed by atoms with Crippen molar-refractivity contribution < 1.29 is 20.1 Å². The van der Waals surface area contributed by atoms with Gasteiger partial charge in [0.05, 0.1) is 2.74 Å². The maximum Gasteiger partial charge on any atom is 0.306 e. The molecule has 0 aliphatic rings. The standard InChI is InChI=1S/C11H14O3/c12-8-4-7-11(13)14-9-10-5-2-1-3-6-10/h1-3,5-6,12H,4,7-9H2/i4D2,8D2. The SMILES string of the molecule is [2H]C([2H])(O)C([2H])([2H])CC(=O)OCc1ccccc1. The molecule has 0 bridgehead atoms. The lowest BCUT2D eigenvalue weighted by Gasteiger charge is -2.03. The summed E-state index contributed by atoms with van der Waals surface area (Å²) in [6.45, 7) is -3.09. The van der Waals surface area contributed by atoms with Crippen LogP contribution >= 0.6 is 0 Å². The quantitative estimate of drug-likeness (QED) is 0.729. The van der Waals surface area contributed by atoms with E-state index in [-0.39, 0.29) is 6.61 Å². The Morgan fingerprint density at radius 3 is 2.79 bits per heavy atom. The molecule has 1 N–H and O–H groups in total. The van der Waals surface area contributed by atoms with Crippen molar-refractivity contribution in [2.45, 2.75) is 19.4 Å². The average molecular weight is 198 g/mol. The zero-order valence-electron chi connectivity index (χ0n) is 11.6. The summed E-state index contributed by atoms with van der Waals surface area (Å²) in [6.07, 6.45) is -3.52. The molecule has 0 atom stereocenters. The molecule has 1 aromatic carbocycles. The van der Waals surface area contributed by atoms with Gasteiger partial charge >= 0.3 is 5.97 Å². The van der Waals surface area contributed by atoms with E-state index in [0.29, 0.717) is 0 Å². The fourth-order valence-corrected chi connectivity index (χ4v) is 0.901. The Morgan fingerprint density at radius 1 is 1.43 bits per heavy atom. The van der Waals surface area contributed by atoms with E-state index in [0.717, 1.165) is 5.56 Å². The van der Waals surface area contributed by atoms with Crippen LogP contribution in [0.4, 0.5) is 0 Å². The summed E-state index contributed by atoms with van der Waals surface area (Å²) in [4.78, 5) is 11.3. The number of rotatable bonds is 5. The minimum absolute atomic E-state index is 0.00974. The van der Waals surface area contributed by atoms with Gasteiger partial charge in [0, 0.05) is 15.7 Å². The second-order valence-electron chi connectivity index (χ2n) is 2.61. The van der Waals surface area contributed by atoms with Crippen LogP contribution in [0.25, 0.3) is 0 Å². The molecular formula is C11H14O3. The van der Waals surface area contributed by atoms with Gasteiger partial charge in [0.15, 0.2) is 0 Å². The van der Waals surface area contributed by atoms with Crippen molar-refractivity contribution in [3.05, 3.63) is 35.9 Å². The fraction of sp³-hybridized carbons (Fsp3) is 0.364. The first kappa shape index (κ1) is 6.19. The van der Waals surface area contributed by atoms with Crippen molar-refractivity contribution in [3.63, 3.8) is 0 Å². The number of benzene rings is 1. The lowest BCUT2D eigenvalue weighted by molar-refractivity contribution is -0.145. The van der Waals surface area contributed by atoms with Gasteiger partial charge in [0.2, 0.25) is 0 Å². The fourth-order valence-electron chi connectivity index (χ4n) is 0.901. The Hall–Kier alpha value is -1.35. The highest BCUT2D eigenvalue weighted by molar-refractivity contribution is 5.69. The number of carbonyl (C=O) groups is 1. The van der Waals surface area contributed by atoms with Gasteiger partial charge in [-0.05, 0) is 11.9 Å². The topological polar surface area (TPSA) is 46.5 Å². The number of hydrogen-bond acceptors (Lipinski definition) is 3. The summed E-state index contributed by atoms with van der Waals surface area (Å²) < 4.78 is 33.0. The van der Waals surface area contributed by atoms with E-state index in [9.17, 15) is 4.79 Å². The van der Waals surface area contributed by atoms with Crippen LogP contribution in [0, 0.1) is 0 Å². The molecule has 0 amide bonds. The normalized spacial score (nSPS) is 16.1. The van der Waals surface area contributed by atoms with Crippen LogP contribution in [-0.2, 0) is 16.1 Å². The summed E-state index contributed by atoms with van der Waals surface area (Å²) in [5.74, 6) is -0.901. The van der Waals surface area contributed by atoms with E-state index in [4.69, 9.17) is 15.3 Å². The van der Waals surface area contributed by atoms with Crippen molar-refractivity contribution in [2.75, 3.05) is 6.56 Å². The zero-order valence-corrected chi connectivity index (χ0v) is 7.56. The second kappa shape index (κ2) is 6.16. The Bertz CT molecular complexity index is 400. The molecule has 0 saturated carbocycles. The second-order valence-corrected chi connectivity index (χ2v) is 2.61. The molecule has 0 aliphatic carbocycles. The van der Waals surface area contributed by atoms with Crippen LogP contribution in [0.3, 0.4) is 0 Å². The van der Waals surface area contributed by atoms with Gasteiger partial charge in [-0.2, -0.15) is 0 Å². The smallest absolute Gasteiger partial charge is 0.306 e. The third-order valence-electron chi connectivity index (χ3n) is 1.55. The molecule has 0 fully saturated rings. The summed E-state index contributed by atoms with van der Waals surface area (Å²) >= 11 is 0. The third-order valence-corrected chi connectivity index (χ3v) is 1.55. The van der Waals surface area contributed by atoms with Crippen LogP contribution in [-0.4, -0.2) is 17.6 Å².